The summed E-state index contributed by atoms with van der Waals surface area (Å²) in [4.78, 5) is 12.0. The predicted molar refractivity (Wildman–Crippen MR) is 109 cm³/mol. The monoisotopic (exact) mass is 368 g/mol. The fraction of sp³-hybridized carbons (Fsp3) is 0.333. The first kappa shape index (κ1) is 18.8. The van der Waals surface area contributed by atoms with E-state index in [4.69, 9.17) is 15.7 Å². The Balaban J connectivity index is 0.00000196. The van der Waals surface area contributed by atoms with Crippen LogP contribution in [0.25, 0.3) is 11.0 Å². The molecule has 2 N–H and O–H groups in total. The Morgan fingerprint density at radius 3 is 2.31 bits per heavy atom. The number of para-hydroxylation sites is 2. The van der Waals surface area contributed by atoms with Crippen molar-refractivity contribution in [3.05, 3.63) is 71.5 Å². The minimum absolute atomic E-state index is 0. The molecule has 0 radical (unpaired) electrons. The van der Waals surface area contributed by atoms with Crippen LogP contribution >= 0.6 is 12.4 Å². The van der Waals surface area contributed by atoms with Crippen LogP contribution in [0.5, 0.6) is 0 Å². The number of hydrogen-bond donors (Lipinski definition) is 1. The summed E-state index contributed by atoms with van der Waals surface area (Å²) in [5, 5.41) is 0. The average Bonchev–Trinajstić information content (AvgIpc) is 3.06. The molecular formula is C21H25ClN4. The van der Waals surface area contributed by atoms with Crippen LogP contribution in [0.4, 0.5) is 0 Å². The fourth-order valence-corrected chi connectivity index (χ4v) is 3.89. The molecule has 136 valence electrons. The second kappa shape index (κ2) is 8.12. The third kappa shape index (κ3) is 3.73. The molecule has 4 rings (SSSR count). The maximum absolute atomic E-state index is 6.07. The van der Waals surface area contributed by atoms with Crippen molar-refractivity contribution < 1.29 is 0 Å². The van der Waals surface area contributed by atoms with Crippen molar-refractivity contribution in [3.8, 4) is 0 Å². The van der Waals surface area contributed by atoms with Gasteiger partial charge in [-0.3, -0.25) is 4.90 Å². The van der Waals surface area contributed by atoms with Gasteiger partial charge in [-0.15, -0.1) is 12.4 Å². The van der Waals surface area contributed by atoms with E-state index in [1.807, 2.05) is 24.3 Å². The summed E-state index contributed by atoms with van der Waals surface area (Å²) < 4.78 is 0. The molecule has 0 aliphatic carbocycles. The number of hydrogen-bond acceptors (Lipinski definition) is 4. The number of fused-ring (bicyclic) bond motifs is 1. The van der Waals surface area contributed by atoms with Crippen molar-refractivity contribution >= 4 is 23.4 Å². The van der Waals surface area contributed by atoms with Crippen LogP contribution < -0.4 is 5.73 Å². The lowest BCUT2D eigenvalue weighted by atomic mass is 9.89. The Morgan fingerprint density at radius 1 is 0.962 bits per heavy atom. The Kier molecular flexibility index (Phi) is 5.87. The first-order chi connectivity index (χ1) is 12.2. The quantitative estimate of drug-likeness (QED) is 0.765. The molecule has 2 atom stereocenters. The molecule has 26 heavy (non-hydrogen) atoms. The molecule has 2 heterocycles. The summed E-state index contributed by atoms with van der Waals surface area (Å²) in [6.45, 7) is 5.66. The van der Waals surface area contributed by atoms with Crippen LogP contribution in [0.3, 0.4) is 0 Å². The van der Waals surface area contributed by atoms with Crippen molar-refractivity contribution in [1.82, 2.24) is 14.9 Å². The van der Waals surface area contributed by atoms with E-state index in [1.165, 1.54) is 5.56 Å². The topological polar surface area (TPSA) is 55.0 Å². The lowest BCUT2D eigenvalue weighted by Crippen LogP contribution is -2.24. The molecule has 0 bridgehead atoms. The first-order valence-corrected chi connectivity index (χ1v) is 8.94. The van der Waals surface area contributed by atoms with E-state index < -0.39 is 0 Å². The van der Waals surface area contributed by atoms with Gasteiger partial charge in [0.15, 0.2) is 0 Å². The summed E-state index contributed by atoms with van der Waals surface area (Å²) in [5.41, 5.74) is 11.5. The van der Waals surface area contributed by atoms with Gasteiger partial charge in [-0.2, -0.15) is 0 Å². The maximum Gasteiger partial charge on any atom is 0.0890 e. The van der Waals surface area contributed by atoms with Gasteiger partial charge in [-0.05, 0) is 37.1 Å². The SMILES string of the molecule is Cc1nc2ccccc2nc1CN1C[C@@H](CN)[C@H](c2ccccc2)C1.Cl. The van der Waals surface area contributed by atoms with Crippen LogP contribution in [0.15, 0.2) is 54.6 Å². The molecular weight excluding hydrogens is 344 g/mol. The molecule has 0 spiro atoms. The van der Waals surface area contributed by atoms with Crippen molar-refractivity contribution in [1.29, 1.82) is 0 Å². The highest BCUT2D eigenvalue weighted by Crippen LogP contribution is 2.32. The van der Waals surface area contributed by atoms with Crippen LogP contribution in [-0.2, 0) is 6.54 Å². The zero-order valence-electron chi connectivity index (χ0n) is 15.0. The Labute approximate surface area is 160 Å². The number of halogens is 1. The fourth-order valence-electron chi connectivity index (χ4n) is 3.89. The molecule has 2 aromatic carbocycles. The van der Waals surface area contributed by atoms with E-state index in [9.17, 15) is 0 Å². The zero-order valence-corrected chi connectivity index (χ0v) is 15.8. The van der Waals surface area contributed by atoms with Gasteiger partial charge in [0, 0.05) is 25.6 Å². The minimum atomic E-state index is 0. The standard InChI is InChI=1S/C21H24N4.ClH/c1-15-21(24-20-10-6-5-9-19(20)23-15)14-25-12-17(11-22)18(13-25)16-7-3-2-4-8-16;/h2-10,17-18H,11-14,22H2,1H3;1H/t17-,18+;/m1./s1. The number of nitrogens with two attached hydrogens (primary N) is 1. The van der Waals surface area contributed by atoms with Crippen LogP contribution in [0.1, 0.15) is 22.9 Å². The molecule has 1 aliphatic rings. The molecule has 1 saturated heterocycles. The van der Waals surface area contributed by atoms with E-state index in [0.717, 1.165) is 48.6 Å². The second-order valence-electron chi connectivity index (χ2n) is 6.95. The highest BCUT2D eigenvalue weighted by atomic mass is 35.5. The van der Waals surface area contributed by atoms with Gasteiger partial charge in [0.05, 0.1) is 22.4 Å². The molecule has 1 aliphatic heterocycles. The molecule has 5 heteroatoms. The molecule has 1 aromatic heterocycles. The number of benzene rings is 2. The number of nitrogens with zero attached hydrogens (tertiary/aromatic N) is 3. The van der Waals surface area contributed by atoms with E-state index in [2.05, 4.69) is 42.2 Å². The first-order valence-electron chi connectivity index (χ1n) is 8.94. The van der Waals surface area contributed by atoms with E-state index in [1.54, 1.807) is 0 Å². The highest BCUT2D eigenvalue weighted by molar-refractivity contribution is 5.85. The van der Waals surface area contributed by atoms with Gasteiger partial charge in [-0.25, -0.2) is 9.97 Å². The molecule has 4 nitrogen and oxygen atoms in total. The van der Waals surface area contributed by atoms with Crippen LogP contribution in [0, 0.1) is 12.8 Å². The van der Waals surface area contributed by atoms with Crippen LogP contribution in [-0.4, -0.2) is 34.5 Å². The van der Waals surface area contributed by atoms with Gasteiger partial charge < -0.3 is 5.73 Å². The van der Waals surface area contributed by atoms with Gasteiger partial charge in [0.2, 0.25) is 0 Å². The van der Waals surface area contributed by atoms with Crippen LogP contribution in [0.2, 0.25) is 0 Å². The maximum atomic E-state index is 6.07. The summed E-state index contributed by atoms with van der Waals surface area (Å²) in [7, 11) is 0. The van der Waals surface area contributed by atoms with Crippen molar-refractivity contribution in [2.24, 2.45) is 11.7 Å². The zero-order chi connectivity index (χ0) is 17.2. The number of rotatable bonds is 4. The molecule has 0 unspecified atom stereocenters. The van der Waals surface area contributed by atoms with Gasteiger partial charge >= 0.3 is 0 Å². The third-order valence-electron chi connectivity index (χ3n) is 5.26. The smallest absolute Gasteiger partial charge is 0.0890 e. The van der Waals surface area contributed by atoms with Gasteiger partial charge in [-0.1, -0.05) is 42.5 Å². The van der Waals surface area contributed by atoms with Gasteiger partial charge in [0.1, 0.15) is 0 Å². The van der Waals surface area contributed by atoms with E-state index in [0.29, 0.717) is 11.8 Å². The summed E-state index contributed by atoms with van der Waals surface area (Å²) in [6.07, 6.45) is 0. The Hall–Kier alpha value is -2.01. The molecule has 0 amide bonds. The van der Waals surface area contributed by atoms with Gasteiger partial charge in [0.25, 0.3) is 0 Å². The summed E-state index contributed by atoms with van der Waals surface area (Å²) in [6, 6.07) is 18.8. The van der Waals surface area contributed by atoms with E-state index >= 15 is 0 Å². The Morgan fingerprint density at radius 2 is 1.62 bits per heavy atom. The van der Waals surface area contributed by atoms with E-state index in [-0.39, 0.29) is 12.4 Å². The number of aryl methyl sites for hydroxylation is 1. The molecule has 3 aromatic rings. The molecule has 1 fully saturated rings. The number of aromatic nitrogens is 2. The minimum Gasteiger partial charge on any atom is -0.330 e. The highest BCUT2D eigenvalue weighted by Gasteiger charge is 2.33. The van der Waals surface area contributed by atoms with Crippen molar-refractivity contribution in [2.75, 3.05) is 19.6 Å². The normalized spacial score (nSPS) is 20.2. The largest absolute Gasteiger partial charge is 0.330 e. The predicted octanol–water partition coefficient (Wildman–Crippen LogP) is 3.53. The molecule has 0 saturated carbocycles. The Bertz CT molecular complexity index is 868. The number of likely N-dealkylation sites (tertiary alicyclic amines) is 1. The van der Waals surface area contributed by atoms with Crippen molar-refractivity contribution in [3.63, 3.8) is 0 Å². The average molecular weight is 369 g/mol. The lowest BCUT2D eigenvalue weighted by Gasteiger charge is -2.17. The third-order valence-corrected chi connectivity index (χ3v) is 5.26. The second-order valence-corrected chi connectivity index (χ2v) is 6.95. The summed E-state index contributed by atoms with van der Waals surface area (Å²) >= 11 is 0. The summed E-state index contributed by atoms with van der Waals surface area (Å²) in [5.74, 6) is 0.996. The lowest BCUT2D eigenvalue weighted by molar-refractivity contribution is 0.312. The van der Waals surface area contributed by atoms with Crippen molar-refractivity contribution in [2.45, 2.75) is 19.4 Å².